The molecule has 2 unspecified atom stereocenters. The molecule has 2 fully saturated rings. The fraction of sp³-hybridized carbons (Fsp3) is 0.533. The molecule has 0 saturated carbocycles. The lowest BCUT2D eigenvalue weighted by Gasteiger charge is -2.34. The zero-order valence-electron chi connectivity index (χ0n) is 21.2. The van der Waals surface area contributed by atoms with Crippen LogP contribution in [0.3, 0.4) is 0 Å². The van der Waals surface area contributed by atoms with Crippen molar-refractivity contribution in [3.05, 3.63) is 64.7 Å². The molecule has 0 radical (unpaired) electrons. The van der Waals surface area contributed by atoms with Crippen LogP contribution >= 0.6 is 0 Å². The molecule has 2 bridgehead atoms. The van der Waals surface area contributed by atoms with Gasteiger partial charge in [0.05, 0.1) is 43.6 Å². The number of aliphatic hydroxyl groups is 1. The van der Waals surface area contributed by atoms with Crippen LogP contribution < -0.4 is 4.74 Å². The predicted octanol–water partition coefficient (Wildman–Crippen LogP) is 4.61. The minimum absolute atomic E-state index is 0.0183. The lowest BCUT2D eigenvalue weighted by atomic mass is 9.95. The minimum Gasteiger partial charge on any atom is -0.493 e. The predicted molar refractivity (Wildman–Crippen MR) is 138 cm³/mol. The number of carbonyl (C=O) groups excluding carboxylic acids is 2. The number of hydrogen-bond acceptors (Lipinski definition) is 5. The van der Waals surface area contributed by atoms with E-state index in [1.165, 1.54) is 11.1 Å². The van der Waals surface area contributed by atoms with Gasteiger partial charge in [0.2, 0.25) is 0 Å². The van der Waals surface area contributed by atoms with Gasteiger partial charge in [-0.2, -0.15) is 0 Å². The van der Waals surface area contributed by atoms with Crippen molar-refractivity contribution in [2.75, 3.05) is 19.8 Å². The Morgan fingerprint density at radius 1 is 1.06 bits per heavy atom. The van der Waals surface area contributed by atoms with Crippen molar-refractivity contribution in [2.45, 2.75) is 76.5 Å². The van der Waals surface area contributed by atoms with Gasteiger partial charge in [-0.15, -0.1) is 0 Å². The zero-order chi connectivity index (χ0) is 25.1. The maximum Gasteiger partial charge on any atom is 0.254 e. The molecule has 6 nitrogen and oxygen atoms in total. The summed E-state index contributed by atoms with van der Waals surface area (Å²) in [6, 6.07) is 14.0. The molecule has 1 amide bonds. The number of benzene rings is 2. The first-order chi connectivity index (χ1) is 17.5. The van der Waals surface area contributed by atoms with Crippen molar-refractivity contribution in [3.8, 4) is 5.75 Å². The zero-order valence-corrected chi connectivity index (χ0v) is 21.2. The van der Waals surface area contributed by atoms with Gasteiger partial charge in [-0.25, -0.2) is 0 Å². The Bertz CT molecular complexity index is 1060. The van der Waals surface area contributed by atoms with Crippen LogP contribution in [-0.4, -0.2) is 59.7 Å². The van der Waals surface area contributed by atoms with E-state index < -0.39 is 6.10 Å². The first-order valence-electron chi connectivity index (χ1n) is 13.5. The van der Waals surface area contributed by atoms with Crippen LogP contribution in [0.5, 0.6) is 5.75 Å². The number of ether oxygens (including phenoxy) is 2. The van der Waals surface area contributed by atoms with Gasteiger partial charge >= 0.3 is 0 Å². The number of carbonyl (C=O) groups is 2. The molecule has 6 heteroatoms. The van der Waals surface area contributed by atoms with Crippen LogP contribution in [0, 0.1) is 5.92 Å². The highest BCUT2D eigenvalue weighted by Crippen LogP contribution is 2.33. The van der Waals surface area contributed by atoms with Gasteiger partial charge in [0.1, 0.15) is 5.75 Å². The van der Waals surface area contributed by atoms with Gasteiger partial charge in [0, 0.05) is 12.0 Å². The normalized spacial score (nSPS) is 21.9. The highest BCUT2D eigenvalue weighted by molar-refractivity contribution is 6.01. The van der Waals surface area contributed by atoms with E-state index in [-0.39, 0.29) is 30.2 Å². The second-order valence-corrected chi connectivity index (χ2v) is 10.5. The van der Waals surface area contributed by atoms with Gasteiger partial charge in [0.25, 0.3) is 5.91 Å². The molecule has 36 heavy (non-hydrogen) atoms. The number of ketones is 1. The Balaban J connectivity index is 1.16. The van der Waals surface area contributed by atoms with Gasteiger partial charge in [0.15, 0.2) is 5.78 Å². The number of nitrogens with zero attached hydrogens (tertiary/aromatic N) is 1. The maximum absolute atomic E-state index is 13.3. The third-order valence-corrected chi connectivity index (χ3v) is 8.05. The maximum atomic E-state index is 13.3. The van der Waals surface area contributed by atoms with Crippen LogP contribution in [0.25, 0.3) is 0 Å². The molecule has 0 spiro atoms. The number of rotatable bonds is 10. The molecule has 2 aromatic rings. The van der Waals surface area contributed by atoms with Crippen molar-refractivity contribution in [3.63, 3.8) is 0 Å². The van der Waals surface area contributed by atoms with Crippen LogP contribution in [-0.2, 0) is 17.6 Å². The Labute approximate surface area is 213 Å². The van der Waals surface area contributed by atoms with Crippen LogP contribution in [0.1, 0.15) is 77.3 Å². The van der Waals surface area contributed by atoms with E-state index in [9.17, 15) is 14.7 Å². The van der Waals surface area contributed by atoms with Crippen molar-refractivity contribution >= 4 is 11.7 Å². The summed E-state index contributed by atoms with van der Waals surface area (Å²) in [6.07, 6.45) is 5.98. The number of amides is 1. The van der Waals surface area contributed by atoms with Gasteiger partial charge in [-0.1, -0.05) is 24.3 Å². The summed E-state index contributed by atoms with van der Waals surface area (Å²) in [7, 11) is 0. The summed E-state index contributed by atoms with van der Waals surface area (Å²) in [5, 5.41) is 10.6. The standard InChI is InChI=1S/C30H37NO5/c1-2-36-29-17-23(30(34)31-24-9-10-25(31)19-35-18-24)8-13-27(29)28(33)14-12-26(32)11-7-20-15-21-5-3-4-6-22(21)16-20/h3-6,8,13,17,20,24-26,32H,2,7,9-12,14-16,18-19H2,1H3/t24?,25?,26-/m1/s1. The Morgan fingerprint density at radius 3 is 2.42 bits per heavy atom. The van der Waals surface area contributed by atoms with Crippen LogP contribution in [0.2, 0.25) is 0 Å². The van der Waals surface area contributed by atoms with E-state index in [1.807, 2.05) is 11.8 Å². The molecular formula is C30H37NO5. The number of hydrogen-bond donors (Lipinski definition) is 1. The third-order valence-electron chi connectivity index (χ3n) is 8.05. The first-order valence-corrected chi connectivity index (χ1v) is 13.5. The van der Waals surface area contributed by atoms with Crippen LogP contribution in [0.4, 0.5) is 0 Å². The second kappa shape index (κ2) is 11.1. The quantitative estimate of drug-likeness (QED) is 0.492. The van der Waals surface area contributed by atoms with Gasteiger partial charge in [-0.05, 0) is 87.1 Å². The first kappa shape index (κ1) is 25.0. The van der Waals surface area contributed by atoms with E-state index in [2.05, 4.69) is 24.3 Å². The van der Waals surface area contributed by atoms with E-state index in [0.717, 1.165) is 32.1 Å². The smallest absolute Gasteiger partial charge is 0.254 e. The van der Waals surface area contributed by atoms with E-state index in [0.29, 0.717) is 55.5 Å². The molecule has 2 aromatic carbocycles. The monoisotopic (exact) mass is 491 g/mol. The summed E-state index contributed by atoms with van der Waals surface area (Å²) < 4.78 is 11.4. The summed E-state index contributed by atoms with van der Waals surface area (Å²) in [5.41, 5.74) is 3.89. The lowest BCUT2D eigenvalue weighted by Crippen LogP contribution is -2.49. The number of Topliss-reactive ketones (excluding diaryl/α,β-unsaturated/α-hetero) is 1. The molecule has 3 aliphatic rings. The Kier molecular flexibility index (Phi) is 7.73. The van der Waals surface area contributed by atoms with Crippen molar-refractivity contribution < 1.29 is 24.2 Å². The van der Waals surface area contributed by atoms with E-state index in [1.54, 1.807) is 18.2 Å². The van der Waals surface area contributed by atoms with Gasteiger partial charge in [-0.3, -0.25) is 9.59 Å². The summed E-state index contributed by atoms with van der Waals surface area (Å²) in [6.45, 7) is 3.46. The minimum atomic E-state index is -0.495. The number of fused-ring (bicyclic) bond motifs is 3. The highest BCUT2D eigenvalue weighted by Gasteiger charge is 2.40. The molecule has 192 valence electrons. The van der Waals surface area contributed by atoms with E-state index >= 15 is 0 Å². The molecule has 2 saturated heterocycles. The van der Waals surface area contributed by atoms with Gasteiger partial charge < -0.3 is 19.5 Å². The topological polar surface area (TPSA) is 76.1 Å². The average Bonchev–Trinajstić information content (AvgIpc) is 3.42. The molecule has 1 aliphatic carbocycles. The summed E-state index contributed by atoms with van der Waals surface area (Å²) >= 11 is 0. The molecule has 5 rings (SSSR count). The van der Waals surface area contributed by atoms with Crippen molar-refractivity contribution in [2.24, 2.45) is 5.92 Å². The largest absolute Gasteiger partial charge is 0.493 e. The molecule has 0 aromatic heterocycles. The molecule has 1 N–H and O–H groups in total. The Morgan fingerprint density at radius 2 is 1.75 bits per heavy atom. The summed E-state index contributed by atoms with van der Waals surface area (Å²) in [5.74, 6) is 0.947. The van der Waals surface area contributed by atoms with Crippen molar-refractivity contribution in [1.29, 1.82) is 0 Å². The second-order valence-electron chi connectivity index (χ2n) is 10.5. The average molecular weight is 492 g/mol. The number of aliphatic hydroxyl groups excluding tert-OH is 1. The molecule has 2 aliphatic heterocycles. The fourth-order valence-electron chi connectivity index (χ4n) is 6.13. The molecule has 3 atom stereocenters. The molecular weight excluding hydrogens is 454 g/mol. The Hall–Kier alpha value is -2.70. The fourth-order valence-corrected chi connectivity index (χ4v) is 6.13. The van der Waals surface area contributed by atoms with E-state index in [4.69, 9.17) is 9.47 Å². The number of morpholine rings is 1. The molecule has 2 heterocycles. The lowest BCUT2D eigenvalue weighted by molar-refractivity contribution is -0.00717. The van der Waals surface area contributed by atoms with Crippen LogP contribution in [0.15, 0.2) is 42.5 Å². The third kappa shape index (κ3) is 5.35. The SMILES string of the molecule is CCOc1cc(C(=O)N2C3CCC2COC3)ccc1C(=O)CC[C@H](O)CCC1Cc2ccccc2C1. The van der Waals surface area contributed by atoms with Crippen molar-refractivity contribution in [1.82, 2.24) is 4.90 Å². The summed E-state index contributed by atoms with van der Waals surface area (Å²) in [4.78, 5) is 28.3. The highest BCUT2D eigenvalue weighted by atomic mass is 16.5.